The van der Waals surface area contributed by atoms with Crippen LogP contribution in [0.15, 0.2) is 12.4 Å². The normalized spacial score (nSPS) is 22.2. The number of hydrogen-bond acceptors (Lipinski definition) is 3. The lowest BCUT2D eigenvalue weighted by Crippen LogP contribution is -2.41. The van der Waals surface area contributed by atoms with Crippen LogP contribution in [0.25, 0.3) is 0 Å². The predicted octanol–water partition coefficient (Wildman–Crippen LogP) is 1.67. The fourth-order valence-corrected chi connectivity index (χ4v) is 2.50. The second kappa shape index (κ2) is 6.40. The van der Waals surface area contributed by atoms with Crippen LogP contribution in [-0.2, 0) is 11.3 Å². The zero-order chi connectivity index (χ0) is 14.5. The van der Waals surface area contributed by atoms with Gasteiger partial charge in [0.1, 0.15) is 0 Å². The van der Waals surface area contributed by atoms with Crippen molar-refractivity contribution in [2.45, 2.75) is 45.2 Å². The van der Waals surface area contributed by atoms with Gasteiger partial charge in [0.2, 0.25) is 0 Å². The summed E-state index contributed by atoms with van der Waals surface area (Å²) in [5.41, 5.74) is 0.634. The van der Waals surface area contributed by atoms with Gasteiger partial charge in [-0.2, -0.15) is 5.10 Å². The van der Waals surface area contributed by atoms with Gasteiger partial charge in [-0.05, 0) is 26.2 Å². The Kier molecular flexibility index (Phi) is 4.60. The maximum atomic E-state index is 11.8. The topological polar surface area (TPSA) is 96.2 Å². The van der Waals surface area contributed by atoms with Gasteiger partial charge in [-0.3, -0.25) is 9.48 Å². The van der Waals surface area contributed by atoms with Gasteiger partial charge in [-0.15, -0.1) is 0 Å². The lowest BCUT2D eigenvalue weighted by Gasteiger charge is -2.27. The van der Waals surface area contributed by atoms with E-state index in [1.165, 1.54) is 0 Å². The molecule has 20 heavy (non-hydrogen) atoms. The number of urea groups is 1. The van der Waals surface area contributed by atoms with E-state index in [-0.39, 0.29) is 18.0 Å². The van der Waals surface area contributed by atoms with Crippen LogP contribution in [0.5, 0.6) is 0 Å². The maximum absolute atomic E-state index is 11.8. The molecule has 1 fully saturated rings. The molecule has 3 N–H and O–H groups in total. The van der Waals surface area contributed by atoms with Crippen LogP contribution < -0.4 is 10.6 Å². The highest BCUT2D eigenvalue weighted by molar-refractivity contribution is 5.89. The van der Waals surface area contributed by atoms with Crippen molar-refractivity contribution in [3.8, 4) is 0 Å². The molecule has 2 amide bonds. The predicted molar refractivity (Wildman–Crippen MR) is 73.4 cm³/mol. The van der Waals surface area contributed by atoms with Gasteiger partial charge in [0.15, 0.2) is 0 Å². The molecular formula is C13H20N4O3. The number of aromatic nitrogens is 2. The van der Waals surface area contributed by atoms with E-state index in [0.717, 1.165) is 19.4 Å². The van der Waals surface area contributed by atoms with E-state index in [0.29, 0.717) is 18.5 Å². The van der Waals surface area contributed by atoms with Crippen molar-refractivity contribution in [3.05, 3.63) is 12.4 Å². The number of aliphatic carboxylic acids is 1. The molecule has 1 aliphatic rings. The first-order valence-corrected chi connectivity index (χ1v) is 6.91. The number of rotatable bonds is 4. The number of carbonyl (C=O) groups is 2. The average molecular weight is 280 g/mol. The van der Waals surface area contributed by atoms with Gasteiger partial charge in [0.25, 0.3) is 0 Å². The smallest absolute Gasteiger partial charge is 0.319 e. The van der Waals surface area contributed by atoms with Crippen LogP contribution >= 0.6 is 0 Å². The van der Waals surface area contributed by atoms with Crippen molar-refractivity contribution < 1.29 is 14.7 Å². The summed E-state index contributed by atoms with van der Waals surface area (Å²) in [7, 11) is 0. The number of carboxylic acid groups (broad SMARTS) is 1. The maximum Gasteiger partial charge on any atom is 0.319 e. The first kappa shape index (κ1) is 14.4. The summed E-state index contributed by atoms with van der Waals surface area (Å²) in [6.45, 7) is 2.71. The largest absolute Gasteiger partial charge is 0.481 e. The molecule has 0 aromatic carbocycles. The average Bonchev–Trinajstić information content (AvgIpc) is 2.86. The molecule has 2 atom stereocenters. The van der Waals surface area contributed by atoms with E-state index >= 15 is 0 Å². The Labute approximate surface area is 117 Å². The van der Waals surface area contributed by atoms with Crippen LogP contribution in [0.1, 0.15) is 32.6 Å². The molecule has 0 radical (unpaired) electrons. The van der Waals surface area contributed by atoms with Gasteiger partial charge < -0.3 is 15.7 Å². The van der Waals surface area contributed by atoms with E-state index < -0.39 is 5.97 Å². The molecule has 0 spiro atoms. The summed E-state index contributed by atoms with van der Waals surface area (Å²) >= 11 is 0. The van der Waals surface area contributed by atoms with Gasteiger partial charge in [0.05, 0.1) is 17.8 Å². The Morgan fingerprint density at radius 2 is 2.30 bits per heavy atom. The van der Waals surface area contributed by atoms with Gasteiger partial charge in [-0.1, -0.05) is 6.42 Å². The van der Waals surface area contributed by atoms with Crippen LogP contribution in [0.3, 0.4) is 0 Å². The molecule has 1 heterocycles. The molecule has 110 valence electrons. The molecule has 0 aliphatic heterocycles. The van der Waals surface area contributed by atoms with Gasteiger partial charge in [0, 0.05) is 18.8 Å². The first-order valence-electron chi connectivity index (χ1n) is 6.91. The lowest BCUT2D eigenvalue weighted by molar-refractivity contribution is -0.143. The minimum absolute atomic E-state index is 0.0777. The number of aryl methyl sites for hydroxylation is 1. The van der Waals surface area contributed by atoms with Gasteiger partial charge in [-0.25, -0.2) is 4.79 Å². The fraction of sp³-hybridized carbons (Fsp3) is 0.615. The van der Waals surface area contributed by atoms with Crippen LogP contribution in [-0.4, -0.2) is 32.9 Å². The molecule has 0 bridgehead atoms. The molecule has 7 heteroatoms. The Bertz CT molecular complexity index is 486. The molecule has 1 aromatic rings. The summed E-state index contributed by atoms with van der Waals surface area (Å²) in [5, 5.41) is 18.6. The summed E-state index contributed by atoms with van der Waals surface area (Å²) in [5.74, 6) is -1.13. The summed E-state index contributed by atoms with van der Waals surface area (Å²) in [6, 6.07) is -0.386. The van der Waals surface area contributed by atoms with E-state index in [9.17, 15) is 9.59 Å². The summed E-state index contributed by atoms with van der Waals surface area (Å²) < 4.78 is 1.72. The van der Waals surface area contributed by atoms with Crippen LogP contribution in [0.2, 0.25) is 0 Å². The number of carboxylic acids is 1. The highest BCUT2D eigenvalue weighted by Gasteiger charge is 2.27. The van der Waals surface area contributed by atoms with Gasteiger partial charge >= 0.3 is 12.0 Å². The number of nitrogens with one attached hydrogen (secondary N) is 2. The highest BCUT2D eigenvalue weighted by atomic mass is 16.4. The van der Waals surface area contributed by atoms with Crippen molar-refractivity contribution in [1.29, 1.82) is 0 Å². The molecule has 0 saturated heterocycles. The van der Waals surface area contributed by atoms with Crippen LogP contribution in [0.4, 0.5) is 10.5 Å². The first-order chi connectivity index (χ1) is 9.58. The number of hydrogen-bond donors (Lipinski definition) is 3. The molecular weight excluding hydrogens is 260 g/mol. The Balaban J connectivity index is 1.83. The summed E-state index contributed by atoms with van der Waals surface area (Å²) in [6.07, 6.45) is 6.18. The fourth-order valence-electron chi connectivity index (χ4n) is 2.50. The molecule has 1 saturated carbocycles. The van der Waals surface area contributed by atoms with Crippen molar-refractivity contribution in [2.75, 3.05) is 5.32 Å². The number of anilines is 1. The van der Waals surface area contributed by atoms with Crippen LogP contribution in [0, 0.1) is 5.92 Å². The van der Waals surface area contributed by atoms with Crippen molar-refractivity contribution in [1.82, 2.24) is 15.1 Å². The molecule has 2 unspecified atom stereocenters. The molecule has 1 aromatic heterocycles. The number of amides is 2. The number of carbonyl (C=O) groups excluding carboxylic acids is 1. The van der Waals surface area contributed by atoms with Crippen molar-refractivity contribution in [2.24, 2.45) is 5.92 Å². The standard InChI is InChI=1S/C13H20N4O3/c1-2-17-8-11(7-14-17)16-13(20)15-10-5-3-4-9(6-10)12(18)19/h7-10H,2-6H2,1H3,(H,18,19)(H2,15,16,20). The lowest BCUT2D eigenvalue weighted by atomic mass is 9.86. The molecule has 2 rings (SSSR count). The minimum Gasteiger partial charge on any atom is -0.481 e. The Morgan fingerprint density at radius 3 is 2.95 bits per heavy atom. The SMILES string of the molecule is CCn1cc(NC(=O)NC2CCCC(C(=O)O)C2)cn1. The Hall–Kier alpha value is -2.05. The second-order valence-electron chi connectivity index (χ2n) is 5.08. The zero-order valence-electron chi connectivity index (χ0n) is 11.5. The van der Waals surface area contributed by atoms with E-state index in [1.807, 2.05) is 6.92 Å². The highest BCUT2D eigenvalue weighted by Crippen LogP contribution is 2.24. The monoisotopic (exact) mass is 280 g/mol. The number of nitrogens with zero attached hydrogens (tertiary/aromatic N) is 2. The van der Waals surface area contributed by atoms with Crippen molar-refractivity contribution in [3.63, 3.8) is 0 Å². The third kappa shape index (κ3) is 3.72. The second-order valence-corrected chi connectivity index (χ2v) is 5.08. The van der Waals surface area contributed by atoms with E-state index in [4.69, 9.17) is 5.11 Å². The zero-order valence-corrected chi connectivity index (χ0v) is 11.5. The third-order valence-electron chi connectivity index (χ3n) is 3.57. The van der Waals surface area contributed by atoms with Crippen molar-refractivity contribution >= 4 is 17.7 Å². The quantitative estimate of drug-likeness (QED) is 0.781. The Morgan fingerprint density at radius 1 is 1.50 bits per heavy atom. The van der Waals surface area contributed by atoms with E-state index in [1.54, 1.807) is 17.1 Å². The third-order valence-corrected chi connectivity index (χ3v) is 3.57. The molecule has 1 aliphatic carbocycles. The van der Waals surface area contributed by atoms with E-state index in [2.05, 4.69) is 15.7 Å². The summed E-state index contributed by atoms with van der Waals surface area (Å²) in [4.78, 5) is 22.8. The molecule has 7 nitrogen and oxygen atoms in total. The minimum atomic E-state index is -0.777.